The number of carbonyl (C=O) groups is 2. The van der Waals surface area contributed by atoms with Crippen LogP contribution in [0, 0.1) is 0 Å². The number of rotatable bonds is 7. The van der Waals surface area contributed by atoms with Crippen molar-refractivity contribution < 1.29 is 14.7 Å². The van der Waals surface area contributed by atoms with E-state index >= 15 is 0 Å². The number of aliphatic carboxylic acids is 1. The number of nitrogens with zero attached hydrogens (tertiary/aromatic N) is 1. The Bertz CT molecular complexity index is 264. The number of nitrogens with one attached hydrogen (secondary N) is 1. The molecule has 0 bridgehead atoms. The molecule has 0 radical (unpaired) electrons. The topological polar surface area (TPSA) is 69.6 Å². The number of hydrogen-bond donors (Lipinski definition) is 2. The fourth-order valence-electron chi connectivity index (χ4n) is 1.69. The average Bonchev–Trinajstić information content (AvgIpc) is 3.05. The highest BCUT2D eigenvalue weighted by Crippen LogP contribution is 2.28. The van der Waals surface area contributed by atoms with E-state index in [4.69, 9.17) is 5.11 Å². The summed E-state index contributed by atoms with van der Waals surface area (Å²) in [5.41, 5.74) is 0. The monoisotopic (exact) mass is 228 g/mol. The molecule has 1 aliphatic rings. The van der Waals surface area contributed by atoms with Crippen molar-refractivity contribution in [3.05, 3.63) is 0 Å². The molecular weight excluding hydrogens is 208 g/mol. The van der Waals surface area contributed by atoms with Crippen molar-refractivity contribution >= 4 is 11.9 Å². The molecule has 5 nitrogen and oxygen atoms in total. The molecule has 1 amide bonds. The molecule has 1 atom stereocenters. The third-order valence-corrected chi connectivity index (χ3v) is 2.76. The van der Waals surface area contributed by atoms with Crippen LogP contribution in [0.5, 0.6) is 0 Å². The maximum absolute atomic E-state index is 11.7. The van der Waals surface area contributed by atoms with Crippen molar-refractivity contribution in [3.63, 3.8) is 0 Å². The fraction of sp³-hybridized carbons (Fsp3) is 0.818. The molecule has 16 heavy (non-hydrogen) atoms. The quantitative estimate of drug-likeness (QED) is 0.664. The van der Waals surface area contributed by atoms with Crippen LogP contribution < -0.4 is 5.32 Å². The van der Waals surface area contributed by atoms with Gasteiger partial charge in [-0.3, -0.25) is 14.5 Å². The molecule has 1 rings (SSSR count). The molecule has 1 fully saturated rings. The zero-order valence-corrected chi connectivity index (χ0v) is 9.90. The second-order valence-electron chi connectivity index (χ2n) is 4.26. The lowest BCUT2D eigenvalue weighted by Crippen LogP contribution is -2.48. The molecule has 0 aromatic carbocycles. The summed E-state index contributed by atoms with van der Waals surface area (Å²) in [6.45, 7) is 4.35. The minimum Gasteiger partial charge on any atom is -0.480 e. The summed E-state index contributed by atoms with van der Waals surface area (Å²) in [6, 6.07) is -0.0753. The standard InChI is InChI=1S/C11H20N2O3/c1-3-6-12-11(16)8(2)13(7-10(14)15)9-4-5-9/h8-9H,3-7H2,1-2H3,(H,12,16)(H,14,15). The lowest BCUT2D eigenvalue weighted by Gasteiger charge is -2.26. The van der Waals surface area contributed by atoms with Gasteiger partial charge in [-0.2, -0.15) is 0 Å². The zero-order valence-electron chi connectivity index (χ0n) is 9.90. The SMILES string of the molecule is CCCNC(=O)C(C)N(CC(=O)O)C1CC1. The Morgan fingerprint density at radius 1 is 1.50 bits per heavy atom. The normalized spacial score (nSPS) is 17.2. The zero-order chi connectivity index (χ0) is 12.1. The minimum atomic E-state index is -0.873. The third-order valence-electron chi connectivity index (χ3n) is 2.76. The summed E-state index contributed by atoms with van der Waals surface area (Å²) in [5, 5.41) is 11.6. The average molecular weight is 228 g/mol. The van der Waals surface area contributed by atoms with Crippen molar-refractivity contribution in [1.29, 1.82) is 0 Å². The molecule has 1 aliphatic carbocycles. The maximum Gasteiger partial charge on any atom is 0.317 e. The van der Waals surface area contributed by atoms with Gasteiger partial charge in [0.05, 0.1) is 12.6 Å². The Kier molecular flexibility index (Phi) is 4.73. The molecular formula is C11H20N2O3. The molecule has 1 saturated carbocycles. The Labute approximate surface area is 95.8 Å². The highest BCUT2D eigenvalue weighted by atomic mass is 16.4. The van der Waals surface area contributed by atoms with Crippen molar-refractivity contribution in [2.75, 3.05) is 13.1 Å². The van der Waals surface area contributed by atoms with E-state index in [0.717, 1.165) is 19.3 Å². The van der Waals surface area contributed by atoms with Gasteiger partial charge in [-0.05, 0) is 26.2 Å². The summed E-state index contributed by atoms with van der Waals surface area (Å²) in [4.78, 5) is 24.2. The summed E-state index contributed by atoms with van der Waals surface area (Å²) in [7, 11) is 0. The summed E-state index contributed by atoms with van der Waals surface area (Å²) < 4.78 is 0. The smallest absolute Gasteiger partial charge is 0.317 e. The highest BCUT2D eigenvalue weighted by Gasteiger charge is 2.35. The predicted molar refractivity (Wildman–Crippen MR) is 60.1 cm³/mol. The van der Waals surface area contributed by atoms with Crippen LogP contribution in [0.4, 0.5) is 0 Å². The van der Waals surface area contributed by atoms with E-state index in [-0.39, 0.29) is 24.5 Å². The molecule has 92 valence electrons. The van der Waals surface area contributed by atoms with Crippen LogP contribution in [0.2, 0.25) is 0 Å². The number of carboxylic acid groups (broad SMARTS) is 1. The van der Waals surface area contributed by atoms with Gasteiger partial charge in [-0.15, -0.1) is 0 Å². The van der Waals surface area contributed by atoms with Gasteiger partial charge in [-0.1, -0.05) is 6.92 Å². The molecule has 0 aromatic heterocycles. The molecule has 0 aliphatic heterocycles. The van der Waals surface area contributed by atoms with E-state index < -0.39 is 5.97 Å². The molecule has 5 heteroatoms. The van der Waals surface area contributed by atoms with Crippen LogP contribution in [0.3, 0.4) is 0 Å². The first-order chi connectivity index (χ1) is 7.56. The Balaban J connectivity index is 2.49. The minimum absolute atomic E-state index is 0.0502. The summed E-state index contributed by atoms with van der Waals surface area (Å²) >= 11 is 0. The summed E-state index contributed by atoms with van der Waals surface area (Å²) in [6.07, 6.45) is 2.89. The number of carbonyl (C=O) groups excluding carboxylic acids is 1. The van der Waals surface area contributed by atoms with Gasteiger partial charge >= 0.3 is 5.97 Å². The van der Waals surface area contributed by atoms with Crippen molar-refractivity contribution in [1.82, 2.24) is 10.2 Å². The van der Waals surface area contributed by atoms with E-state index in [0.29, 0.717) is 6.54 Å². The van der Waals surface area contributed by atoms with E-state index in [1.54, 1.807) is 11.8 Å². The van der Waals surface area contributed by atoms with Crippen LogP contribution in [0.25, 0.3) is 0 Å². The van der Waals surface area contributed by atoms with Gasteiger partial charge in [0.15, 0.2) is 0 Å². The summed E-state index contributed by atoms with van der Waals surface area (Å²) in [5.74, 6) is -0.947. The van der Waals surface area contributed by atoms with Crippen molar-refractivity contribution in [3.8, 4) is 0 Å². The number of hydrogen-bond acceptors (Lipinski definition) is 3. The van der Waals surface area contributed by atoms with Crippen LogP contribution in [0.15, 0.2) is 0 Å². The van der Waals surface area contributed by atoms with Crippen LogP contribution >= 0.6 is 0 Å². The lowest BCUT2D eigenvalue weighted by atomic mass is 10.2. The molecule has 0 heterocycles. The molecule has 1 unspecified atom stereocenters. The van der Waals surface area contributed by atoms with E-state index in [1.807, 2.05) is 6.92 Å². The number of amides is 1. The van der Waals surface area contributed by atoms with Gasteiger partial charge in [0.2, 0.25) is 5.91 Å². The van der Waals surface area contributed by atoms with Gasteiger partial charge < -0.3 is 10.4 Å². The first-order valence-electron chi connectivity index (χ1n) is 5.81. The van der Waals surface area contributed by atoms with Gasteiger partial charge in [0.1, 0.15) is 0 Å². The largest absolute Gasteiger partial charge is 0.480 e. The predicted octanol–water partition coefficient (Wildman–Crippen LogP) is 0.450. The maximum atomic E-state index is 11.7. The van der Waals surface area contributed by atoms with E-state index in [9.17, 15) is 9.59 Å². The second kappa shape index (κ2) is 5.84. The first-order valence-corrected chi connectivity index (χ1v) is 5.81. The molecule has 0 aromatic rings. The van der Waals surface area contributed by atoms with E-state index in [2.05, 4.69) is 5.32 Å². The lowest BCUT2D eigenvalue weighted by molar-refractivity contribution is -0.140. The van der Waals surface area contributed by atoms with Gasteiger partial charge in [0.25, 0.3) is 0 Å². The van der Waals surface area contributed by atoms with Crippen LogP contribution in [-0.4, -0.2) is 47.1 Å². The molecule has 0 saturated heterocycles. The second-order valence-corrected chi connectivity index (χ2v) is 4.26. The van der Waals surface area contributed by atoms with E-state index in [1.165, 1.54) is 0 Å². The number of carboxylic acids is 1. The fourth-order valence-corrected chi connectivity index (χ4v) is 1.69. The first kappa shape index (κ1) is 13.0. The molecule has 2 N–H and O–H groups in total. The van der Waals surface area contributed by atoms with Crippen LogP contribution in [0.1, 0.15) is 33.1 Å². The highest BCUT2D eigenvalue weighted by molar-refractivity contribution is 5.82. The van der Waals surface area contributed by atoms with Crippen LogP contribution in [-0.2, 0) is 9.59 Å². The van der Waals surface area contributed by atoms with Gasteiger partial charge in [-0.25, -0.2) is 0 Å². The van der Waals surface area contributed by atoms with Crippen molar-refractivity contribution in [2.45, 2.75) is 45.2 Å². The third kappa shape index (κ3) is 3.81. The Hall–Kier alpha value is -1.10. The Morgan fingerprint density at radius 2 is 2.12 bits per heavy atom. The van der Waals surface area contributed by atoms with Gasteiger partial charge in [0, 0.05) is 12.6 Å². The van der Waals surface area contributed by atoms with Crippen molar-refractivity contribution in [2.24, 2.45) is 0 Å². The molecule has 0 spiro atoms. The Morgan fingerprint density at radius 3 is 2.56 bits per heavy atom.